The van der Waals surface area contributed by atoms with E-state index in [4.69, 9.17) is 19.0 Å². The number of allylic oxidation sites excluding steroid dienone is 1. The van der Waals surface area contributed by atoms with Gasteiger partial charge in [-0.2, -0.15) is 4.98 Å². The number of aromatic nitrogens is 2. The second-order valence-corrected chi connectivity index (χ2v) is 8.38. The predicted molar refractivity (Wildman–Crippen MR) is 134 cm³/mol. The van der Waals surface area contributed by atoms with E-state index in [9.17, 15) is 4.79 Å². The first-order chi connectivity index (χ1) is 17.0. The third-order valence-corrected chi connectivity index (χ3v) is 5.93. The second kappa shape index (κ2) is 11.2. The molecule has 0 saturated heterocycles. The third-order valence-electron chi connectivity index (χ3n) is 5.93. The lowest BCUT2D eigenvalue weighted by Gasteiger charge is -2.35. The molecule has 2 amide bonds. The fourth-order valence-corrected chi connectivity index (χ4v) is 4.20. The number of urea groups is 1. The summed E-state index contributed by atoms with van der Waals surface area (Å²) in [4.78, 5) is 19.6. The summed E-state index contributed by atoms with van der Waals surface area (Å²) in [7, 11) is 0. The summed E-state index contributed by atoms with van der Waals surface area (Å²) in [5.41, 5.74) is 4.45. The number of rotatable bonds is 10. The van der Waals surface area contributed by atoms with Crippen molar-refractivity contribution in [2.24, 2.45) is 0 Å². The van der Waals surface area contributed by atoms with E-state index in [-0.39, 0.29) is 6.03 Å². The molecule has 35 heavy (non-hydrogen) atoms. The highest BCUT2D eigenvalue weighted by atomic mass is 16.5. The quantitative estimate of drug-likeness (QED) is 0.396. The second-order valence-electron chi connectivity index (χ2n) is 8.38. The first-order valence-electron chi connectivity index (χ1n) is 12.0. The number of carbonyl (C=O) groups excluding carboxylic acids is 1. The van der Waals surface area contributed by atoms with E-state index in [1.165, 1.54) is 0 Å². The average molecular weight is 477 g/mol. The summed E-state index contributed by atoms with van der Waals surface area (Å²) < 4.78 is 16.8. The number of hydrogen-bond acceptors (Lipinski definition) is 6. The summed E-state index contributed by atoms with van der Waals surface area (Å²) in [6, 6.07) is 15.1. The fourth-order valence-electron chi connectivity index (χ4n) is 4.20. The van der Waals surface area contributed by atoms with Gasteiger partial charge in [-0.1, -0.05) is 41.1 Å². The molecule has 0 radical (unpaired) electrons. The third kappa shape index (κ3) is 5.54. The number of hydrogen-bond donors (Lipinski definition) is 1. The van der Waals surface area contributed by atoms with Crippen LogP contribution in [0.25, 0.3) is 17.0 Å². The lowest BCUT2D eigenvalue weighted by Crippen LogP contribution is -2.46. The molecule has 1 unspecified atom stereocenters. The van der Waals surface area contributed by atoms with Gasteiger partial charge in [0.15, 0.2) is 0 Å². The molecular weight excluding hydrogens is 444 g/mol. The van der Waals surface area contributed by atoms with E-state index in [1.54, 1.807) is 4.90 Å². The highest BCUT2D eigenvalue weighted by Gasteiger charge is 2.35. The van der Waals surface area contributed by atoms with Gasteiger partial charge >= 0.3 is 6.03 Å². The van der Waals surface area contributed by atoms with E-state index in [1.807, 2.05) is 76.2 Å². The Morgan fingerprint density at radius 3 is 2.60 bits per heavy atom. The van der Waals surface area contributed by atoms with Gasteiger partial charge < -0.3 is 19.3 Å². The predicted octanol–water partition coefficient (Wildman–Crippen LogP) is 5.37. The fraction of sp³-hybridized carbons (Fsp3) is 0.370. The maximum Gasteiger partial charge on any atom is 0.322 e. The molecule has 0 spiro atoms. The van der Waals surface area contributed by atoms with Gasteiger partial charge in [0.2, 0.25) is 5.82 Å². The largest absolute Gasteiger partial charge is 0.494 e. The average Bonchev–Trinajstić information content (AvgIpc) is 3.34. The summed E-state index contributed by atoms with van der Waals surface area (Å²) in [5, 5.41) is 7.37. The summed E-state index contributed by atoms with van der Waals surface area (Å²) in [5.74, 6) is 1.67. The Hall–Kier alpha value is -3.65. The van der Waals surface area contributed by atoms with Crippen LogP contribution in [0.2, 0.25) is 0 Å². The molecule has 8 heteroatoms. The Kier molecular flexibility index (Phi) is 7.82. The number of benzene rings is 2. The number of ether oxygens (including phenoxy) is 2. The van der Waals surface area contributed by atoms with E-state index in [0.717, 1.165) is 40.1 Å². The molecule has 0 saturated carbocycles. The number of amides is 2. The molecule has 0 aliphatic carbocycles. The SMILES string of the molecule is CCOCCCN1C(=O)NC(c2ccc(OCC)cc2)C(c2nc(-c3cccc(C)c3)no2)=C1C. The first kappa shape index (κ1) is 24.5. The molecule has 8 nitrogen and oxygen atoms in total. The molecule has 3 aromatic rings. The topological polar surface area (TPSA) is 89.7 Å². The van der Waals surface area contributed by atoms with Gasteiger partial charge in [-0.15, -0.1) is 0 Å². The summed E-state index contributed by atoms with van der Waals surface area (Å²) >= 11 is 0. The number of nitrogens with one attached hydrogen (secondary N) is 1. The van der Waals surface area contributed by atoms with Crippen LogP contribution in [-0.4, -0.2) is 47.4 Å². The standard InChI is InChI=1S/C27H32N4O4/c1-5-33-16-8-15-31-19(4)23(26-29-25(30-35-26)21-10-7-9-18(3)17-21)24(28-27(31)32)20-11-13-22(14-12-20)34-6-2/h7,9-14,17,24H,5-6,8,15-16H2,1-4H3,(H,28,32). The van der Waals surface area contributed by atoms with E-state index in [2.05, 4.69) is 10.5 Å². The molecule has 1 N–H and O–H groups in total. The van der Waals surface area contributed by atoms with Crippen LogP contribution in [-0.2, 0) is 4.74 Å². The minimum atomic E-state index is -0.438. The van der Waals surface area contributed by atoms with E-state index in [0.29, 0.717) is 38.1 Å². The Balaban J connectivity index is 1.72. The van der Waals surface area contributed by atoms with Crippen LogP contribution in [0.3, 0.4) is 0 Å². The molecule has 184 valence electrons. The van der Waals surface area contributed by atoms with Crippen molar-refractivity contribution >= 4 is 11.6 Å². The van der Waals surface area contributed by atoms with Gasteiger partial charge in [0, 0.05) is 31.0 Å². The van der Waals surface area contributed by atoms with Crippen molar-refractivity contribution in [2.45, 2.75) is 40.2 Å². The zero-order valence-corrected chi connectivity index (χ0v) is 20.7. The lowest BCUT2D eigenvalue weighted by molar-refractivity contribution is 0.136. The molecule has 2 aromatic carbocycles. The van der Waals surface area contributed by atoms with Crippen molar-refractivity contribution in [1.29, 1.82) is 0 Å². The van der Waals surface area contributed by atoms with Crippen molar-refractivity contribution in [3.05, 3.63) is 71.2 Å². The maximum absolute atomic E-state index is 13.1. The van der Waals surface area contributed by atoms with Crippen molar-refractivity contribution in [2.75, 3.05) is 26.4 Å². The molecule has 4 rings (SSSR count). The van der Waals surface area contributed by atoms with Crippen molar-refractivity contribution < 1.29 is 18.8 Å². The van der Waals surface area contributed by atoms with Gasteiger partial charge in [0.05, 0.1) is 18.2 Å². The number of carbonyl (C=O) groups is 1. The highest BCUT2D eigenvalue weighted by Crippen LogP contribution is 2.37. The molecular formula is C27H32N4O4. The monoisotopic (exact) mass is 476 g/mol. The zero-order valence-electron chi connectivity index (χ0n) is 20.7. The van der Waals surface area contributed by atoms with Crippen molar-refractivity contribution in [3.8, 4) is 17.1 Å². The smallest absolute Gasteiger partial charge is 0.322 e. The summed E-state index contributed by atoms with van der Waals surface area (Å²) in [6.07, 6.45) is 0.720. The molecule has 1 aliphatic rings. The first-order valence-corrected chi connectivity index (χ1v) is 12.0. The van der Waals surface area contributed by atoms with Gasteiger partial charge in [0.1, 0.15) is 5.75 Å². The van der Waals surface area contributed by atoms with E-state index < -0.39 is 6.04 Å². The van der Waals surface area contributed by atoms with Crippen LogP contribution < -0.4 is 10.1 Å². The van der Waals surface area contributed by atoms with Crippen molar-refractivity contribution in [3.63, 3.8) is 0 Å². The molecule has 1 atom stereocenters. The van der Waals surface area contributed by atoms with E-state index >= 15 is 0 Å². The van der Waals surface area contributed by atoms with Gasteiger partial charge in [-0.05, 0) is 57.9 Å². The van der Waals surface area contributed by atoms with Crippen LogP contribution in [0.5, 0.6) is 5.75 Å². The van der Waals surface area contributed by atoms with Gasteiger partial charge in [-0.25, -0.2) is 4.79 Å². The highest BCUT2D eigenvalue weighted by molar-refractivity contribution is 5.86. The molecule has 1 aliphatic heterocycles. The lowest BCUT2D eigenvalue weighted by atomic mass is 9.94. The minimum Gasteiger partial charge on any atom is -0.494 e. The Morgan fingerprint density at radius 2 is 1.89 bits per heavy atom. The summed E-state index contributed by atoms with van der Waals surface area (Å²) in [6.45, 7) is 10.2. The van der Waals surface area contributed by atoms with Crippen LogP contribution in [0.15, 0.2) is 58.8 Å². The zero-order chi connectivity index (χ0) is 24.8. The van der Waals surface area contributed by atoms with Crippen molar-refractivity contribution in [1.82, 2.24) is 20.4 Å². The van der Waals surface area contributed by atoms with Gasteiger partial charge in [-0.3, -0.25) is 4.90 Å². The normalized spacial score (nSPS) is 15.9. The Morgan fingerprint density at radius 1 is 1.09 bits per heavy atom. The Bertz CT molecular complexity index is 1190. The minimum absolute atomic E-state index is 0.167. The maximum atomic E-state index is 13.1. The number of aryl methyl sites for hydroxylation is 1. The molecule has 1 aromatic heterocycles. The van der Waals surface area contributed by atoms with Crippen LogP contribution in [0.1, 0.15) is 50.3 Å². The van der Waals surface area contributed by atoms with Crippen LogP contribution in [0, 0.1) is 6.92 Å². The number of nitrogens with zero attached hydrogens (tertiary/aromatic N) is 3. The van der Waals surface area contributed by atoms with Crippen LogP contribution in [0.4, 0.5) is 4.79 Å². The van der Waals surface area contributed by atoms with Gasteiger partial charge in [0.25, 0.3) is 5.89 Å². The molecule has 2 heterocycles. The molecule has 0 fully saturated rings. The van der Waals surface area contributed by atoms with Crippen LogP contribution >= 0.6 is 0 Å². The molecule has 0 bridgehead atoms. The Labute approximate surface area is 205 Å².